The largest absolute Gasteiger partial charge is 0.472 e. The number of aliphatic hydroxyl groups excluding tert-OH is 5. The van der Waals surface area contributed by atoms with Crippen molar-refractivity contribution in [2.75, 3.05) is 6.61 Å². The molecule has 7 N–H and O–H groups in total. The Balaban J connectivity index is 1.85. The van der Waals surface area contributed by atoms with Crippen LogP contribution in [0.5, 0.6) is 0 Å². The monoisotopic (exact) mass is 398 g/mol. The van der Waals surface area contributed by atoms with Gasteiger partial charge >= 0.3 is 0 Å². The van der Waals surface area contributed by atoms with E-state index in [0.717, 1.165) is 12.3 Å². The number of halogens is 1. The first-order valence-corrected chi connectivity index (χ1v) is 8.55. The van der Waals surface area contributed by atoms with Gasteiger partial charge in [-0.1, -0.05) is 0 Å². The number of alkyl halides is 1. The number of hydrogen-bond donors (Lipinski definition) is 7. The second-order valence-corrected chi connectivity index (χ2v) is 7.55. The lowest BCUT2D eigenvalue weighted by atomic mass is 9.81. The number of aliphatic hydroxyl groups is 7. The summed E-state index contributed by atoms with van der Waals surface area (Å²) in [6, 6.07) is 0. The van der Waals surface area contributed by atoms with E-state index in [9.17, 15) is 35.7 Å². The fraction of sp³-hybridized carbons (Fsp3) is 0.867. The van der Waals surface area contributed by atoms with Crippen LogP contribution in [0.25, 0.3) is 0 Å². The Hall–Kier alpha value is -0.530. The van der Waals surface area contributed by atoms with E-state index in [4.69, 9.17) is 25.8 Å². The van der Waals surface area contributed by atoms with Crippen molar-refractivity contribution < 1.29 is 50.0 Å². The summed E-state index contributed by atoms with van der Waals surface area (Å²) < 4.78 is 16.0. The molecule has 3 aliphatic rings. The average molecular weight is 399 g/mol. The van der Waals surface area contributed by atoms with Gasteiger partial charge in [0.05, 0.1) is 29.8 Å². The Labute approximate surface area is 153 Å². The van der Waals surface area contributed by atoms with Crippen molar-refractivity contribution in [2.24, 2.45) is 5.92 Å². The van der Waals surface area contributed by atoms with E-state index in [-0.39, 0.29) is 0 Å². The Bertz CT molecular complexity index is 557. The Morgan fingerprint density at radius 1 is 1.08 bits per heavy atom. The van der Waals surface area contributed by atoms with Gasteiger partial charge < -0.3 is 50.0 Å². The number of ether oxygens (including phenoxy) is 3. The van der Waals surface area contributed by atoms with Gasteiger partial charge in [-0.3, -0.25) is 0 Å². The molecule has 0 radical (unpaired) electrons. The van der Waals surface area contributed by atoms with Crippen molar-refractivity contribution >= 4 is 11.6 Å². The normalized spacial score (nSPS) is 56.9. The summed E-state index contributed by atoms with van der Waals surface area (Å²) in [4.78, 5) is 0. The van der Waals surface area contributed by atoms with Crippen LogP contribution >= 0.6 is 11.6 Å². The molecule has 11 heteroatoms. The molecule has 0 aromatic carbocycles. The highest BCUT2D eigenvalue weighted by Crippen LogP contribution is 2.51. The second kappa shape index (κ2) is 6.82. The molecule has 0 aromatic rings. The smallest absolute Gasteiger partial charge is 0.210 e. The van der Waals surface area contributed by atoms with Crippen LogP contribution in [0.15, 0.2) is 12.3 Å². The molecule has 3 rings (SSSR count). The van der Waals surface area contributed by atoms with Gasteiger partial charge in [0.15, 0.2) is 6.29 Å². The molecular weight excluding hydrogens is 376 g/mol. The maximum absolute atomic E-state index is 10.8. The van der Waals surface area contributed by atoms with Crippen LogP contribution in [0.2, 0.25) is 0 Å². The fourth-order valence-corrected chi connectivity index (χ4v) is 4.14. The van der Waals surface area contributed by atoms with Crippen LogP contribution in [-0.4, -0.2) is 102 Å². The molecule has 0 spiro atoms. The Morgan fingerprint density at radius 3 is 2.35 bits per heavy atom. The van der Waals surface area contributed by atoms with E-state index < -0.39 is 72.2 Å². The maximum atomic E-state index is 10.8. The van der Waals surface area contributed by atoms with Crippen molar-refractivity contribution in [1.82, 2.24) is 0 Å². The minimum Gasteiger partial charge on any atom is -0.472 e. The van der Waals surface area contributed by atoms with Crippen LogP contribution in [-0.2, 0) is 14.2 Å². The average Bonchev–Trinajstić information content (AvgIpc) is 2.73. The summed E-state index contributed by atoms with van der Waals surface area (Å²) in [5, 5.41) is 69.4. The minimum atomic E-state index is -1.97. The van der Waals surface area contributed by atoms with E-state index in [0.29, 0.717) is 0 Å². The minimum absolute atomic E-state index is 0.649. The van der Waals surface area contributed by atoms with Crippen molar-refractivity contribution in [2.45, 2.75) is 66.6 Å². The van der Waals surface area contributed by atoms with Gasteiger partial charge in [-0.25, -0.2) is 0 Å². The van der Waals surface area contributed by atoms with E-state index in [1.54, 1.807) is 0 Å². The number of fused-ring (bicyclic) bond motifs is 1. The Kier molecular flexibility index (Phi) is 5.30. The van der Waals surface area contributed by atoms with Crippen molar-refractivity contribution in [3.05, 3.63) is 12.3 Å². The highest BCUT2D eigenvalue weighted by atomic mass is 35.5. The molecule has 2 fully saturated rings. The molecule has 2 aliphatic heterocycles. The summed E-state index contributed by atoms with van der Waals surface area (Å²) in [5.74, 6) is -1.26. The van der Waals surface area contributed by atoms with Gasteiger partial charge in [0, 0.05) is 0 Å². The molecule has 11 atom stereocenters. The zero-order chi connectivity index (χ0) is 19.4. The van der Waals surface area contributed by atoms with Gasteiger partial charge in [0.1, 0.15) is 36.1 Å². The van der Waals surface area contributed by atoms with Gasteiger partial charge in [0.25, 0.3) is 0 Å². The van der Waals surface area contributed by atoms with Gasteiger partial charge in [0.2, 0.25) is 6.29 Å². The Morgan fingerprint density at radius 2 is 1.73 bits per heavy atom. The highest BCUT2D eigenvalue weighted by molar-refractivity contribution is 6.22. The topological polar surface area (TPSA) is 169 Å². The van der Waals surface area contributed by atoms with E-state index in [2.05, 4.69) is 0 Å². The third-order valence-corrected chi connectivity index (χ3v) is 6.05. The fourth-order valence-electron chi connectivity index (χ4n) is 3.80. The lowest BCUT2D eigenvalue weighted by Gasteiger charge is -2.45. The van der Waals surface area contributed by atoms with Gasteiger partial charge in [-0.2, -0.15) is 0 Å². The molecule has 0 amide bonds. The standard InChI is InChI=1S/C15H23ClO10/c1-14(22)9-13(24-3-2-15(9,23)11(21)10(14)16)26-12-8(20)7(19)6(18)5(4-17)25-12/h2-3,5-13,17-23H,4H2,1H3. The zero-order valence-electron chi connectivity index (χ0n) is 13.8. The van der Waals surface area contributed by atoms with Crippen LogP contribution < -0.4 is 0 Å². The SMILES string of the molecule is CC1(O)C(Cl)C(O)C2(O)C=COC(OC3OC(CO)C(O)C(O)C3O)C12. The summed E-state index contributed by atoms with van der Waals surface area (Å²) in [6.07, 6.45) is -8.42. The predicted molar refractivity (Wildman–Crippen MR) is 83.6 cm³/mol. The molecule has 150 valence electrons. The molecule has 1 saturated heterocycles. The van der Waals surface area contributed by atoms with E-state index >= 15 is 0 Å². The van der Waals surface area contributed by atoms with E-state index in [1.807, 2.05) is 0 Å². The number of hydrogen-bond acceptors (Lipinski definition) is 10. The van der Waals surface area contributed by atoms with Gasteiger partial charge in [-0.15, -0.1) is 11.6 Å². The van der Waals surface area contributed by atoms with Crippen molar-refractivity contribution in [3.8, 4) is 0 Å². The predicted octanol–water partition coefficient (Wildman–Crippen LogP) is -3.25. The first kappa shape index (κ1) is 20.2. The molecular formula is C15H23ClO10. The van der Waals surface area contributed by atoms with Crippen LogP contribution in [0.3, 0.4) is 0 Å². The van der Waals surface area contributed by atoms with E-state index in [1.165, 1.54) is 6.92 Å². The molecule has 10 nitrogen and oxygen atoms in total. The molecule has 1 aliphatic carbocycles. The molecule has 1 saturated carbocycles. The molecule has 2 heterocycles. The zero-order valence-corrected chi connectivity index (χ0v) is 14.5. The molecule has 11 unspecified atom stereocenters. The van der Waals surface area contributed by atoms with Crippen molar-refractivity contribution in [1.29, 1.82) is 0 Å². The first-order chi connectivity index (χ1) is 12.1. The molecule has 26 heavy (non-hydrogen) atoms. The molecule has 0 aromatic heterocycles. The van der Waals surface area contributed by atoms with Gasteiger partial charge in [-0.05, 0) is 13.0 Å². The molecule has 0 bridgehead atoms. The summed E-state index contributed by atoms with van der Waals surface area (Å²) in [6.45, 7) is 0.645. The quantitative estimate of drug-likeness (QED) is 0.240. The highest BCUT2D eigenvalue weighted by Gasteiger charge is 2.68. The summed E-state index contributed by atoms with van der Waals surface area (Å²) >= 11 is 6.05. The van der Waals surface area contributed by atoms with Crippen molar-refractivity contribution in [3.63, 3.8) is 0 Å². The second-order valence-electron chi connectivity index (χ2n) is 7.08. The van der Waals surface area contributed by atoms with Crippen LogP contribution in [0, 0.1) is 5.92 Å². The third-order valence-electron chi connectivity index (χ3n) is 5.37. The third kappa shape index (κ3) is 2.85. The number of rotatable bonds is 3. The van der Waals surface area contributed by atoms with Crippen LogP contribution in [0.4, 0.5) is 0 Å². The first-order valence-electron chi connectivity index (χ1n) is 8.11. The maximum Gasteiger partial charge on any atom is 0.210 e. The van der Waals surface area contributed by atoms with Crippen LogP contribution in [0.1, 0.15) is 6.92 Å². The summed E-state index contributed by atoms with van der Waals surface area (Å²) in [7, 11) is 0. The lowest BCUT2D eigenvalue weighted by Crippen LogP contribution is -2.62. The summed E-state index contributed by atoms with van der Waals surface area (Å²) in [5.41, 5.74) is -3.79. The lowest BCUT2D eigenvalue weighted by molar-refractivity contribution is -0.351.